The summed E-state index contributed by atoms with van der Waals surface area (Å²) >= 11 is 11.6. The smallest absolute Gasteiger partial charge is 0.337 e. The van der Waals surface area contributed by atoms with E-state index in [0.717, 1.165) is 12.1 Å². The minimum Gasteiger partial charge on any atom is -0.478 e. The SMILES string of the molecule is CC(C)CCNS(=O)(=O)c1cc(Cl)cc(C(=O)O)c1Cl. The molecule has 0 aliphatic heterocycles. The fourth-order valence-electron chi connectivity index (χ4n) is 1.48. The van der Waals surface area contributed by atoms with Crippen molar-refractivity contribution in [3.63, 3.8) is 0 Å². The third kappa shape index (κ3) is 4.34. The molecule has 0 spiro atoms. The second-order valence-electron chi connectivity index (χ2n) is 4.65. The van der Waals surface area contributed by atoms with E-state index in [4.69, 9.17) is 28.3 Å². The topological polar surface area (TPSA) is 83.5 Å². The van der Waals surface area contributed by atoms with Crippen molar-refractivity contribution in [3.05, 3.63) is 27.7 Å². The Balaban J connectivity index is 3.15. The minimum atomic E-state index is -3.89. The molecule has 0 atom stereocenters. The molecule has 20 heavy (non-hydrogen) atoms. The maximum absolute atomic E-state index is 12.1. The van der Waals surface area contributed by atoms with Crippen molar-refractivity contribution in [3.8, 4) is 0 Å². The van der Waals surface area contributed by atoms with Gasteiger partial charge in [-0.3, -0.25) is 0 Å². The highest BCUT2D eigenvalue weighted by Crippen LogP contribution is 2.29. The molecule has 8 heteroatoms. The number of hydrogen-bond acceptors (Lipinski definition) is 3. The van der Waals surface area contributed by atoms with Crippen LogP contribution in [0.3, 0.4) is 0 Å². The van der Waals surface area contributed by atoms with Crippen LogP contribution in [0.25, 0.3) is 0 Å². The lowest BCUT2D eigenvalue weighted by atomic mass is 10.1. The third-order valence-electron chi connectivity index (χ3n) is 2.54. The van der Waals surface area contributed by atoms with Crippen LogP contribution in [0.4, 0.5) is 0 Å². The Hall–Kier alpha value is -0.820. The number of carboxylic acid groups (broad SMARTS) is 1. The molecule has 0 saturated carbocycles. The number of benzene rings is 1. The van der Waals surface area contributed by atoms with Crippen LogP contribution >= 0.6 is 23.2 Å². The molecule has 1 aromatic rings. The Morgan fingerprint density at radius 2 is 1.95 bits per heavy atom. The Labute approximate surface area is 127 Å². The first kappa shape index (κ1) is 17.2. The zero-order valence-corrected chi connectivity index (χ0v) is 13.3. The summed E-state index contributed by atoms with van der Waals surface area (Å²) in [6, 6.07) is 2.24. The second kappa shape index (κ2) is 6.76. The number of aromatic carboxylic acids is 1. The van der Waals surface area contributed by atoms with Gasteiger partial charge in [0, 0.05) is 11.6 Å². The molecule has 0 radical (unpaired) electrons. The quantitative estimate of drug-likeness (QED) is 0.834. The molecule has 2 N–H and O–H groups in total. The molecule has 0 unspecified atom stereocenters. The van der Waals surface area contributed by atoms with Crippen molar-refractivity contribution in [1.82, 2.24) is 4.72 Å². The number of carboxylic acids is 1. The van der Waals surface area contributed by atoms with E-state index in [1.807, 2.05) is 13.8 Å². The monoisotopic (exact) mass is 339 g/mol. The summed E-state index contributed by atoms with van der Waals surface area (Å²) in [6.07, 6.45) is 0.656. The standard InChI is InChI=1S/C12H15Cl2NO4S/c1-7(2)3-4-15-20(18,19)10-6-8(13)5-9(11(10)14)12(16)17/h5-7,15H,3-4H2,1-2H3,(H,16,17). The third-order valence-corrected chi connectivity index (χ3v) is 4.76. The molecule has 0 amide bonds. The van der Waals surface area contributed by atoms with Gasteiger partial charge in [-0.05, 0) is 24.5 Å². The molecule has 0 saturated heterocycles. The summed E-state index contributed by atoms with van der Waals surface area (Å²) in [5.74, 6) is -1.00. The lowest BCUT2D eigenvalue weighted by Gasteiger charge is -2.11. The first-order valence-electron chi connectivity index (χ1n) is 5.87. The summed E-state index contributed by atoms with van der Waals surface area (Å²) in [5.41, 5.74) is -0.344. The van der Waals surface area contributed by atoms with E-state index in [0.29, 0.717) is 12.3 Å². The fraction of sp³-hybridized carbons (Fsp3) is 0.417. The van der Waals surface area contributed by atoms with Crippen LogP contribution in [0, 0.1) is 5.92 Å². The van der Waals surface area contributed by atoms with Crippen LogP contribution in [0.5, 0.6) is 0 Å². The molecular formula is C12H15Cl2NO4S. The molecule has 1 aromatic carbocycles. The van der Waals surface area contributed by atoms with Gasteiger partial charge in [-0.2, -0.15) is 0 Å². The zero-order chi connectivity index (χ0) is 15.5. The first-order chi connectivity index (χ1) is 9.15. The molecule has 0 fully saturated rings. The number of halogens is 2. The highest BCUT2D eigenvalue weighted by Gasteiger charge is 2.23. The van der Waals surface area contributed by atoms with E-state index in [1.165, 1.54) is 0 Å². The van der Waals surface area contributed by atoms with E-state index < -0.39 is 16.0 Å². The summed E-state index contributed by atoms with van der Waals surface area (Å²) in [5, 5.41) is 8.62. The van der Waals surface area contributed by atoms with Gasteiger partial charge in [0.05, 0.1) is 10.6 Å². The highest BCUT2D eigenvalue weighted by molar-refractivity contribution is 7.89. The van der Waals surface area contributed by atoms with Crippen LogP contribution < -0.4 is 4.72 Å². The Morgan fingerprint density at radius 1 is 1.35 bits per heavy atom. The number of sulfonamides is 1. The molecule has 0 aliphatic carbocycles. The van der Waals surface area contributed by atoms with E-state index in [-0.39, 0.29) is 27.0 Å². The molecule has 0 aliphatic rings. The van der Waals surface area contributed by atoms with E-state index in [9.17, 15) is 13.2 Å². The predicted molar refractivity (Wildman–Crippen MR) is 78.1 cm³/mol. The molecular weight excluding hydrogens is 325 g/mol. The molecule has 0 aromatic heterocycles. The van der Waals surface area contributed by atoms with Crippen LogP contribution in [-0.2, 0) is 10.0 Å². The van der Waals surface area contributed by atoms with E-state index >= 15 is 0 Å². The number of nitrogens with one attached hydrogen (secondary N) is 1. The van der Waals surface area contributed by atoms with Crippen LogP contribution in [0.2, 0.25) is 10.0 Å². The maximum atomic E-state index is 12.1. The average Bonchev–Trinajstić information content (AvgIpc) is 2.30. The summed E-state index contributed by atoms with van der Waals surface area (Å²) < 4.78 is 26.6. The maximum Gasteiger partial charge on any atom is 0.337 e. The van der Waals surface area contributed by atoms with Gasteiger partial charge < -0.3 is 5.11 Å². The fourth-order valence-corrected chi connectivity index (χ4v) is 3.42. The number of hydrogen-bond donors (Lipinski definition) is 2. The average molecular weight is 340 g/mol. The Kier molecular flexibility index (Phi) is 5.82. The molecule has 0 heterocycles. The summed E-state index contributed by atoms with van der Waals surface area (Å²) in [6.45, 7) is 4.16. The van der Waals surface area contributed by atoms with Crippen molar-refractivity contribution in [1.29, 1.82) is 0 Å². The predicted octanol–water partition coefficient (Wildman–Crippen LogP) is 3.02. The van der Waals surface area contributed by atoms with Gasteiger partial charge in [0.1, 0.15) is 4.90 Å². The summed E-state index contributed by atoms with van der Waals surface area (Å²) in [4.78, 5) is 10.7. The lowest BCUT2D eigenvalue weighted by molar-refractivity contribution is 0.0697. The first-order valence-corrected chi connectivity index (χ1v) is 8.11. The van der Waals surface area contributed by atoms with Crippen LogP contribution in [-0.4, -0.2) is 26.0 Å². The normalized spacial score (nSPS) is 11.8. The zero-order valence-electron chi connectivity index (χ0n) is 11.0. The van der Waals surface area contributed by atoms with Gasteiger partial charge in [0.2, 0.25) is 10.0 Å². The highest BCUT2D eigenvalue weighted by atomic mass is 35.5. The second-order valence-corrected chi connectivity index (χ2v) is 7.20. The van der Waals surface area contributed by atoms with Crippen molar-refractivity contribution in [2.45, 2.75) is 25.2 Å². The molecule has 112 valence electrons. The van der Waals surface area contributed by atoms with Crippen molar-refractivity contribution >= 4 is 39.2 Å². The van der Waals surface area contributed by atoms with Crippen LogP contribution in [0.15, 0.2) is 17.0 Å². The van der Waals surface area contributed by atoms with Gasteiger partial charge >= 0.3 is 5.97 Å². The Morgan fingerprint density at radius 3 is 2.45 bits per heavy atom. The van der Waals surface area contributed by atoms with Crippen LogP contribution in [0.1, 0.15) is 30.6 Å². The van der Waals surface area contributed by atoms with E-state index in [2.05, 4.69) is 4.72 Å². The van der Waals surface area contributed by atoms with Gasteiger partial charge in [0.25, 0.3) is 0 Å². The van der Waals surface area contributed by atoms with Gasteiger partial charge in [-0.25, -0.2) is 17.9 Å². The lowest BCUT2D eigenvalue weighted by Crippen LogP contribution is -2.26. The molecule has 0 bridgehead atoms. The summed E-state index contributed by atoms with van der Waals surface area (Å²) in [7, 11) is -3.89. The molecule has 1 rings (SSSR count). The Bertz CT molecular complexity index is 614. The largest absolute Gasteiger partial charge is 0.478 e. The van der Waals surface area contributed by atoms with Crippen molar-refractivity contribution in [2.24, 2.45) is 5.92 Å². The number of carbonyl (C=O) groups is 1. The molecule has 5 nitrogen and oxygen atoms in total. The van der Waals surface area contributed by atoms with E-state index in [1.54, 1.807) is 0 Å². The van der Waals surface area contributed by atoms with Gasteiger partial charge in [-0.1, -0.05) is 37.0 Å². The van der Waals surface area contributed by atoms with Gasteiger partial charge in [0.15, 0.2) is 0 Å². The van der Waals surface area contributed by atoms with Crippen molar-refractivity contribution in [2.75, 3.05) is 6.54 Å². The van der Waals surface area contributed by atoms with Gasteiger partial charge in [-0.15, -0.1) is 0 Å². The van der Waals surface area contributed by atoms with Crippen molar-refractivity contribution < 1.29 is 18.3 Å². The minimum absolute atomic E-state index is 0.00367. The number of rotatable bonds is 6.